The summed E-state index contributed by atoms with van der Waals surface area (Å²) in [5.74, 6) is -13.5. The highest BCUT2D eigenvalue weighted by molar-refractivity contribution is 6.31. The number of phenols is 1. The van der Waals surface area contributed by atoms with E-state index in [9.17, 15) is 44.1 Å². The summed E-state index contributed by atoms with van der Waals surface area (Å²) in [6.07, 6.45) is -3.34. The van der Waals surface area contributed by atoms with Gasteiger partial charge in [-0.15, -0.1) is 0 Å². The number of rotatable bonds is 4. The third-order valence-corrected chi connectivity index (χ3v) is 9.97. The Balaban J connectivity index is 1.13. The van der Waals surface area contributed by atoms with E-state index < -0.39 is 82.7 Å². The SMILES string of the molecule is NC(=O)C1C(=O)C[C@@H]2[C@@H](O)[C@@H]3Cc4ccc(NC(=O)OCC5c6ccccc6-c6ccccc65)c(O)c4C(=O)C3C(=O)[C@]2(O)C1=O. The zero-order chi connectivity index (χ0) is 32.7. The van der Waals surface area contributed by atoms with Gasteiger partial charge in [0.1, 0.15) is 12.4 Å². The van der Waals surface area contributed by atoms with Crippen LogP contribution < -0.4 is 11.1 Å². The van der Waals surface area contributed by atoms with E-state index in [1.54, 1.807) is 0 Å². The summed E-state index contributed by atoms with van der Waals surface area (Å²) < 4.78 is 5.54. The number of ketones is 4. The molecule has 0 aliphatic heterocycles. The van der Waals surface area contributed by atoms with Crippen molar-refractivity contribution >= 4 is 40.8 Å². The van der Waals surface area contributed by atoms with E-state index in [0.717, 1.165) is 22.3 Å². The van der Waals surface area contributed by atoms with Crippen LogP contribution in [0.3, 0.4) is 0 Å². The number of aromatic hydroxyl groups is 1. The number of ether oxygens (including phenoxy) is 1. The van der Waals surface area contributed by atoms with Crippen molar-refractivity contribution in [3.63, 3.8) is 0 Å². The number of Topliss-reactive ketones (excluding diaryl/α,β-unsaturated/α-hetero) is 4. The molecular formula is C34H28N2O10. The Morgan fingerprint density at radius 3 is 2.17 bits per heavy atom. The molecule has 2 unspecified atom stereocenters. The second-order valence-corrected chi connectivity index (χ2v) is 12.3. The zero-order valence-electron chi connectivity index (χ0n) is 24.1. The number of aliphatic hydroxyl groups excluding tert-OH is 1. The fourth-order valence-corrected chi connectivity index (χ4v) is 7.80. The third-order valence-electron chi connectivity index (χ3n) is 9.97. The van der Waals surface area contributed by atoms with Crippen LogP contribution in [0.2, 0.25) is 0 Å². The first-order chi connectivity index (χ1) is 21.9. The normalized spacial score (nSPS) is 28.0. The lowest BCUT2D eigenvalue weighted by molar-refractivity contribution is -0.188. The molecule has 234 valence electrons. The van der Waals surface area contributed by atoms with Gasteiger partial charge in [-0.05, 0) is 40.3 Å². The molecule has 2 saturated carbocycles. The Bertz CT molecular complexity index is 1860. The van der Waals surface area contributed by atoms with Crippen LogP contribution in [0.5, 0.6) is 5.75 Å². The minimum absolute atomic E-state index is 0.0107. The van der Waals surface area contributed by atoms with Gasteiger partial charge in [0.15, 0.2) is 34.7 Å². The second-order valence-electron chi connectivity index (χ2n) is 12.3. The van der Waals surface area contributed by atoms with Crippen LogP contribution >= 0.6 is 0 Å². The maximum atomic E-state index is 13.8. The van der Waals surface area contributed by atoms with Gasteiger partial charge in [-0.2, -0.15) is 0 Å². The van der Waals surface area contributed by atoms with Gasteiger partial charge in [0.2, 0.25) is 5.91 Å². The quantitative estimate of drug-likeness (QED) is 0.209. The van der Waals surface area contributed by atoms with Crippen LogP contribution in [0.25, 0.3) is 11.1 Å². The standard InChI is InChI=1S/C34H28N2O10/c35-32(43)26-23(37)12-21-27(38)19-11-14-9-10-22(28(39)24(14)29(40)25(19)30(41)34(21,45)31(26)42)36-33(44)46-13-20-17-7-3-1-5-15(17)16-6-2-4-8-18(16)20/h1-10,19-21,25-27,38-39,45H,11-13H2,(H2,35,43)(H,36,44)/t19-,21-,25?,26?,27+,34+/m1/s1. The van der Waals surface area contributed by atoms with Crippen molar-refractivity contribution in [2.24, 2.45) is 29.4 Å². The molecule has 46 heavy (non-hydrogen) atoms. The van der Waals surface area contributed by atoms with Gasteiger partial charge in [0.05, 0.1) is 23.3 Å². The Kier molecular flexibility index (Phi) is 6.69. The maximum absolute atomic E-state index is 13.8. The van der Waals surface area contributed by atoms with E-state index in [2.05, 4.69) is 5.32 Å². The van der Waals surface area contributed by atoms with Crippen LogP contribution in [0.4, 0.5) is 10.5 Å². The lowest BCUT2D eigenvalue weighted by Crippen LogP contribution is -2.72. The van der Waals surface area contributed by atoms with Crippen molar-refractivity contribution in [1.29, 1.82) is 0 Å². The molecule has 6 N–H and O–H groups in total. The minimum Gasteiger partial charge on any atom is -0.505 e. The highest BCUT2D eigenvalue weighted by Gasteiger charge is 2.69. The van der Waals surface area contributed by atoms with Gasteiger partial charge in [-0.25, -0.2) is 4.79 Å². The van der Waals surface area contributed by atoms with Crippen LogP contribution in [0, 0.1) is 23.7 Å². The van der Waals surface area contributed by atoms with Crippen molar-refractivity contribution in [2.75, 3.05) is 11.9 Å². The number of fused-ring (bicyclic) bond motifs is 6. The third kappa shape index (κ3) is 4.06. The number of nitrogens with one attached hydrogen (secondary N) is 1. The fraction of sp³-hybridized carbons (Fsp3) is 0.294. The Hall–Kier alpha value is -5.20. The molecule has 0 bridgehead atoms. The lowest BCUT2D eigenvalue weighted by Gasteiger charge is -2.51. The molecule has 3 aromatic carbocycles. The number of carbonyl (C=O) groups excluding carboxylic acids is 6. The second kappa shape index (κ2) is 10.4. The monoisotopic (exact) mass is 624 g/mol. The highest BCUT2D eigenvalue weighted by Crippen LogP contribution is 2.51. The number of aliphatic hydroxyl groups is 2. The van der Waals surface area contributed by atoms with Crippen LogP contribution in [0.15, 0.2) is 60.7 Å². The van der Waals surface area contributed by atoms with Crippen LogP contribution in [-0.2, 0) is 30.3 Å². The molecule has 0 aromatic heterocycles. The molecule has 2 amide bonds. The Morgan fingerprint density at radius 2 is 1.54 bits per heavy atom. The van der Waals surface area contributed by atoms with Crippen molar-refractivity contribution in [3.8, 4) is 16.9 Å². The largest absolute Gasteiger partial charge is 0.505 e. The van der Waals surface area contributed by atoms with Crippen molar-refractivity contribution in [2.45, 2.75) is 30.5 Å². The Morgan fingerprint density at radius 1 is 0.913 bits per heavy atom. The summed E-state index contributed by atoms with van der Waals surface area (Å²) in [6, 6.07) is 18.4. The molecule has 7 rings (SSSR count). The molecule has 2 fully saturated rings. The Labute approximate surface area is 261 Å². The van der Waals surface area contributed by atoms with Gasteiger partial charge in [-0.3, -0.25) is 29.3 Å². The van der Waals surface area contributed by atoms with Crippen molar-refractivity contribution < 1.29 is 48.8 Å². The highest BCUT2D eigenvalue weighted by atomic mass is 16.5. The molecule has 4 aliphatic carbocycles. The summed E-state index contributed by atoms with van der Waals surface area (Å²) in [5, 5.41) is 36.1. The van der Waals surface area contributed by atoms with Crippen LogP contribution in [0.1, 0.15) is 39.4 Å². The van der Waals surface area contributed by atoms with E-state index in [4.69, 9.17) is 10.5 Å². The molecule has 3 aromatic rings. The molecule has 0 radical (unpaired) electrons. The number of amides is 2. The summed E-state index contributed by atoms with van der Waals surface area (Å²) in [6.45, 7) is -0.0107. The molecule has 0 saturated heterocycles. The first-order valence-corrected chi connectivity index (χ1v) is 14.8. The van der Waals surface area contributed by atoms with Gasteiger partial charge in [-0.1, -0.05) is 54.6 Å². The summed E-state index contributed by atoms with van der Waals surface area (Å²) in [7, 11) is 0. The molecular weight excluding hydrogens is 596 g/mol. The molecule has 12 heteroatoms. The molecule has 0 heterocycles. The number of anilines is 1. The van der Waals surface area contributed by atoms with Gasteiger partial charge < -0.3 is 25.8 Å². The molecule has 4 aliphatic rings. The number of benzene rings is 3. The topological polar surface area (TPSA) is 210 Å². The first kappa shape index (κ1) is 29.5. The number of hydrogen-bond acceptors (Lipinski definition) is 10. The lowest BCUT2D eigenvalue weighted by atomic mass is 9.52. The fourth-order valence-electron chi connectivity index (χ4n) is 7.80. The van der Waals surface area contributed by atoms with E-state index in [1.807, 2.05) is 48.5 Å². The number of hydrogen-bond donors (Lipinski definition) is 5. The number of phenolic OH excluding ortho intramolecular Hbond substituents is 1. The van der Waals surface area contributed by atoms with Gasteiger partial charge in [0.25, 0.3) is 0 Å². The predicted octanol–water partition coefficient (Wildman–Crippen LogP) is 1.66. The summed E-state index contributed by atoms with van der Waals surface area (Å²) in [4.78, 5) is 77.9. The average Bonchev–Trinajstić information content (AvgIpc) is 3.35. The summed E-state index contributed by atoms with van der Waals surface area (Å²) >= 11 is 0. The van der Waals surface area contributed by atoms with E-state index in [0.29, 0.717) is 0 Å². The van der Waals surface area contributed by atoms with Gasteiger partial charge in [0, 0.05) is 24.2 Å². The molecule has 0 spiro atoms. The average molecular weight is 625 g/mol. The number of nitrogens with two attached hydrogens (primary N) is 1. The predicted molar refractivity (Wildman–Crippen MR) is 159 cm³/mol. The van der Waals surface area contributed by atoms with E-state index in [-0.39, 0.29) is 35.8 Å². The number of primary amides is 1. The van der Waals surface area contributed by atoms with E-state index >= 15 is 0 Å². The smallest absolute Gasteiger partial charge is 0.411 e. The zero-order valence-corrected chi connectivity index (χ0v) is 24.1. The summed E-state index contributed by atoms with van der Waals surface area (Å²) in [5.41, 5.74) is 6.02. The van der Waals surface area contributed by atoms with E-state index in [1.165, 1.54) is 12.1 Å². The molecule has 12 nitrogen and oxygen atoms in total. The minimum atomic E-state index is -3.01. The number of carbonyl (C=O) groups is 6. The van der Waals surface area contributed by atoms with Crippen molar-refractivity contribution in [3.05, 3.63) is 82.9 Å². The van der Waals surface area contributed by atoms with Crippen LogP contribution in [-0.4, -0.2) is 68.8 Å². The first-order valence-electron chi connectivity index (χ1n) is 14.8. The molecule has 6 atom stereocenters. The van der Waals surface area contributed by atoms with Crippen molar-refractivity contribution in [1.82, 2.24) is 0 Å². The maximum Gasteiger partial charge on any atom is 0.411 e. The van der Waals surface area contributed by atoms with Gasteiger partial charge >= 0.3 is 6.09 Å².